The van der Waals surface area contributed by atoms with Crippen LogP contribution in [-0.4, -0.2) is 54.7 Å². The van der Waals surface area contributed by atoms with E-state index in [1.54, 1.807) is 33.8 Å². The van der Waals surface area contributed by atoms with Gasteiger partial charge in [-0.25, -0.2) is 9.59 Å². The highest BCUT2D eigenvalue weighted by Gasteiger charge is 2.26. The average molecular weight is 582 g/mol. The first-order valence-corrected chi connectivity index (χ1v) is 14.0. The molecule has 41 heavy (non-hydrogen) atoms. The molecule has 0 aromatic heterocycles. The predicted molar refractivity (Wildman–Crippen MR) is 152 cm³/mol. The van der Waals surface area contributed by atoms with Crippen molar-refractivity contribution >= 4 is 24.2 Å². The number of benzene rings is 1. The molecular formula is C30H47NO10. The fourth-order valence-electron chi connectivity index (χ4n) is 3.04. The molecule has 5 atom stereocenters. The summed E-state index contributed by atoms with van der Waals surface area (Å²) in [6.45, 7) is 18.1. The molecule has 1 aromatic rings. The lowest BCUT2D eigenvalue weighted by Crippen LogP contribution is -2.39. The summed E-state index contributed by atoms with van der Waals surface area (Å²) >= 11 is 0. The molecule has 0 radical (unpaired) electrons. The van der Waals surface area contributed by atoms with E-state index < -0.39 is 48.7 Å². The topological polar surface area (TPSA) is 150 Å². The van der Waals surface area contributed by atoms with Gasteiger partial charge in [-0.3, -0.25) is 9.59 Å². The molecule has 0 amide bonds. The van der Waals surface area contributed by atoms with Crippen LogP contribution in [0.3, 0.4) is 0 Å². The normalized spacial score (nSPS) is 15.0. The Morgan fingerprint density at radius 2 is 1.15 bits per heavy atom. The fourth-order valence-corrected chi connectivity index (χ4v) is 3.04. The Kier molecular flexibility index (Phi) is 14.6. The van der Waals surface area contributed by atoms with Gasteiger partial charge in [-0.2, -0.15) is 0 Å². The van der Waals surface area contributed by atoms with Crippen LogP contribution >= 0.6 is 0 Å². The number of carbonyl (C=O) groups is 4. The van der Waals surface area contributed by atoms with Crippen LogP contribution in [0, 0.1) is 17.8 Å². The Morgan fingerprint density at radius 1 is 0.659 bits per heavy atom. The lowest BCUT2D eigenvalue weighted by molar-refractivity contribution is -0.166. The Morgan fingerprint density at radius 3 is 1.63 bits per heavy atom. The highest BCUT2D eigenvalue weighted by molar-refractivity contribution is 5.76. The molecule has 0 saturated carbocycles. The second-order valence-corrected chi connectivity index (χ2v) is 11.4. The van der Waals surface area contributed by atoms with Crippen LogP contribution in [0.4, 0.5) is 9.59 Å². The number of hydrogen-bond donors (Lipinski definition) is 1. The number of hydrogen-bond acceptors (Lipinski definition) is 11. The van der Waals surface area contributed by atoms with Gasteiger partial charge in [0.25, 0.3) is 0 Å². The summed E-state index contributed by atoms with van der Waals surface area (Å²) < 4.78 is 31.9. The van der Waals surface area contributed by atoms with Crippen molar-refractivity contribution in [2.24, 2.45) is 23.5 Å². The molecule has 0 spiro atoms. The first-order chi connectivity index (χ1) is 19.0. The lowest BCUT2D eigenvalue weighted by Gasteiger charge is -2.23. The lowest BCUT2D eigenvalue weighted by atomic mass is 10.1. The smallest absolute Gasteiger partial charge is 0.459 e. The Balaban J connectivity index is 3.00. The monoisotopic (exact) mass is 581 g/mol. The average Bonchev–Trinajstić information content (AvgIpc) is 2.84. The molecule has 0 aliphatic carbocycles. The Labute approximate surface area is 243 Å². The molecule has 0 aliphatic rings. The first-order valence-electron chi connectivity index (χ1n) is 14.0. The standard InChI is InChI=1S/C30H47NO10/c1-16(2)13-27(32)36-21(9)22(10)37-28(33)24(31)14-23-11-12-25(40-29(34)38-19(7)17(3)4)26(15-23)41-30(35)39-20(8)18(5)6/h11-12,15-22,24H,13-14,31H2,1-10H3/t19-,20?,21?,22?,24-/m0/s1. The van der Waals surface area contributed by atoms with Gasteiger partial charge in [0.05, 0.1) is 0 Å². The molecule has 0 bridgehead atoms. The maximum Gasteiger partial charge on any atom is 0.514 e. The summed E-state index contributed by atoms with van der Waals surface area (Å²) in [6.07, 6.45) is -3.91. The van der Waals surface area contributed by atoms with Crippen LogP contribution in [0.25, 0.3) is 0 Å². The van der Waals surface area contributed by atoms with Crippen LogP contribution in [0.1, 0.15) is 81.2 Å². The van der Waals surface area contributed by atoms with Crippen LogP contribution in [0.15, 0.2) is 18.2 Å². The van der Waals surface area contributed by atoms with E-state index in [0.717, 1.165) is 0 Å². The molecule has 0 fully saturated rings. The zero-order valence-electron chi connectivity index (χ0n) is 25.9. The van der Waals surface area contributed by atoms with E-state index in [2.05, 4.69) is 0 Å². The summed E-state index contributed by atoms with van der Waals surface area (Å²) in [5, 5.41) is 0. The highest BCUT2D eigenvalue weighted by atomic mass is 16.8. The quantitative estimate of drug-likeness (QED) is 0.166. The summed E-state index contributed by atoms with van der Waals surface area (Å²) in [4.78, 5) is 49.4. The van der Waals surface area contributed by atoms with Crippen molar-refractivity contribution in [3.8, 4) is 11.5 Å². The van der Waals surface area contributed by atoms with Gasteiger partial charge in [-0.15, -0.1) is 0 Å². The molecule has 232 valence electrons. The Hall–Kier alpha value is -3.34. The third-order valence-corrected chi connectivity index (χ3v) is 6.45. The molecule has 2 N–H and O–H groups in total. The fraction of sp³-hybridized carbons (Fsp3) is 0.667. The molecule has 1 rings (SSSR count). The zero-order valence-corrected chi connectivity index (χ0v) is 25.9. The summed E-state index contributed by atoms with van der Waals surface area (Å²) in [5.41, 5.74) is 6.59. The van der Waals surface area contributed by atoms with Crippen molar-refractivity contribution in [1.29, 1.82) is 0 Å². The first kappa shape index (κ1) is 35.7. The SMILES string of the molecule is CC(C)CC(=O)OC(C)C(C)OC(=O)[C@@H](N)Cc1ccc(OC(=O)O[C@@H](C)C(C)C)c(OC(=O)OC(C)C(C)C)c1. The molecule has 3 unspecified atom stereocenters. The van der Waals surface area contributed by atoms with E-state index in [9.17, 15) is 19.2 Å². The van der Waals surface area contributed by atoms with Gasteiger partial charge in [0.2, 0.25) is 0 Å². The minimum Gasteiger partial charge on any atom is -0.459 e. The molecular weight excluding hydrogens is 534 g/mol. The Bertz CT molecular complexity index is 1020. The summed E-state index contributed by atoms with van der Waals surface area (Å²) in [6, 6.07) is 3.31. The third-order valence-electron chi connectivity index (χ3n) is 6.45. The van der Waals surface area contributed by atoms with Crippen LogP contribution in [0.5, 0.6) is 11.5 Å². The van der Waals surface area contributed by atoms with Crippen molar-refractivity contribution in [3.05, 3.63) is 23.8 Å². The van der Waals surface area contributed by atoms with Gasteiger partial charge in [0.15, 0.2) is 11.5 Å². The van der Waals surface area contributed by atoms with Gasteiger partial charge in [-0.1, -0.05) is 47.6 Å². The second kappa shape index (κ2) is 16.8. The molecule has 0 aliphatic heterocycles. The summed E-state index contributed by atoms with van der Waals surface area (Å²) in [5.74, 6) is -1.02. The van der Waals surface area contributed by atoms with Crippen molar-refractivity contribution in [1.82, 2.24) is 0 Å². The number of rotatable bonds is 14. The van der Waals surface area contributed by atoms with Gasteiger partial charge < -0.3 is 34.2 Å². The molecule has 11 heteroatoms. The maximum atomic E-state index is 12.7. The van der Waals surface area contributed by atoms with Crippen LogP contribution in [-0.2, 0) is 35.0 Å². The van der Waals surface area contributed by atoms with Gasteiger partial charge in [0, 0.05) is 6.42 Å². The minimum atomic E-state index is -1.08. The van der Waals surface area contributed by atoms with Crippen LogP contribution in [0.2, 0.25) is 0 Å². The van der Waals surface area contributed by atoms with Crippen molar-refractivity contribution in [2.45, 2.75) is 113 Å². The summed E-state index contributed by atoms with van der Waals surface area (Å²) in [7, 11) is 0. The third kappa shape index (κ3) is 13.2. The van der Waals surface area contributed by atoms with Gasteiger partial charge in [-0.05, 0) is 69.6 Å². The predicted octanol–water partition coefficient (Wildman–Crippen LogP) is 5.59. The number of nitrogens with two attached hydrogens (primary N) is 1. The molecule has 11 nitrogen and oxygen atoms in total. The van der Waals surface area contributed by atoms with Gasteiger partial charge in [0.1, 0.15) is 30.5 Å². The molecule has 0 heterocycles. The van der Waals surface area contributed by atoms with Crippen molar-refractivity contribution < 1.29 is 47.6 Å². The maximum absolute atomic E-state index is 12.7. The van der Waals surface area contributed by atoms with E-state index in [1.165, 1.54) is 12.1 Å². The zero-order chi connectivity index (χ0) is 31.4. The molecule has 0 saturated heterocycles. The van der Waals surface area contributed by atoms with Crippen molar-refractivity contribution in [2.75, 3.05) is 0 Å². The van der Waals surface area contributed by atoms with Gasteiger partial charge >= 0.3 is 24.2 Å². The minimum absolute atomic E-state index is 0.00991. The largest absolute Gasteiger partial charge is 0.514 e. The molecule has 1 aromatic carbocycles. The van der Waals surface area contributed by atoms with E-state index in [4.69, 9.17) is 34.2 Å². The number of carbonyl (C=O) groups excluding carboxylic acids is 4. The van der Waals surface area contributed by atoms with E-state index in [0.29, 0.717) is 5.56 Å². The van der Waals surface area contributed by atoms with E-state index in [-0.39, 0.29) is 48.1 Å². The van der Waals surface area contributed by atoms with E-state index >= 15 is 0 Å². The highest BCUT2D eigenvalue weighted by Crippen LogP contribution is 2.30. The number of ether oxygens (including phenoxy) is 6. The number of esters is 2. The second-order valence-electron chi connectivity index (χ2n) is 11.4. The van der Waals surface area contributed by atoms with Crippen molar-refractivity contribution in [3.63, 3.8) is 0 Å². The van der Waals surface area contributed by atoms with Crippen LogP contribution < -0.4 is 15.2 Å². The van der Waals surface area contributed by atoms with E-state index in [1.807, 2.05) is 41.5 Å².